The summed E-state index contributed by atoms with van der Waals surface area (Å²) in [6, 6.07) is 10.6. The molecule has 94 valence electrons. The van der Waals surface area contributed by atoms with E-state index in [4.69, 9.17) is 0 Å². The topological polar surface area (TPSA) is 38.0 Å². The van der Waals surface area contributed by atoms with Crippen LogP contribution in [0.3, 0.4) is 0 Å². The first-order chi connectivity index (χ1) is 8.84. The van der Waals surface area contributed by atoms with E-state index >= 15 is 0 Å². The monoisotopic (exact) mass is 242 g/mol. The van der Waals surface area contributed by atoms with Crippen molar-refractivity contribution in [2.75, 3.05) is 0 Å². The van der Waals surface area contributed by atoms with Crippen LogP contribution in [0.5, 0.6) is 5.88 Å². The second kappa shape index (κ2) is 4.84. The lowest BCUT2D eigenvalue weighted by molar-refractivity contribution is 0.354. The Morgan fingerprint density at radius 1 is 1.06 bits per heavy atom. The van der Waals surface area contributed by atoms with Crippen LogP contribution >= 0.6 is 0 Å². The third kappa shape index (κ3) is 2.13. The lowest BCUT2D eigenvalue weighted by Crippen LogP contribution is -2.13. The van der Waals surface area contributed by atoms with Crippen LogP contribution in [-0.4, -0.2) is 14.7 Å². The van der Waals surface area contributed by atoms with Crippen LogP contribution in [-0.2, 0) is 0 Å². The summed E-state index contributed by atoms with van der Waals surface area (Å²) in [4.78, 5) is 4.27. The van der Waals surface area contributed by atoms with Crippen LogP contribution in [0, 0.1) is 0 Å². The first kappa shape index (κ1) is 11.3. The van der Waals surface area contributed by atoms with Crippen molar-refractivity contribution < 1.29 is 5.11 Å². The first-order valence-corrected chi connectivity index (χ1v) is 6.68. The van der Waals surface area contributed by atoms with E-state index in [0.717, 1.165) is 11.4 Å². The Morgan fingerprint density at radius 2 is 1.78 bits per heavy atom. The maximum atomic E-state index is 9.69. The Labute approximate surface area is 107 Å². The van der Waals surface area contributed by atoms with Crippen LogP contribution in [0.1, 0.15) is 38.1 Å². The molecule has 0 atom stereocenters. The molecule has 1 aromatic carbocycles. The fraction of sp³-hybridized carbons (Fsp3) is 0.400. The van der Waals surface area contributed by atoms with Crippen molar-refractivity contribution in [2.24, 2.45) is 0 Å². The maximum Gasteiger partial charge on any atom is 0.229 e. The van der Waals surface area contributed by atoms with Gasteiger partial charge in [-0.15, -0.1) is 0 Å². The van der Waals surface area contributed by atoms with E-state index in [1.807, 2.05) is 30.3 Å². The molecule has 0 aliphatic heterocycles. The van der Waals surface area contributed by atoms with Gasteiger partial charge in [-0.1, -0.05) is 49.6 Å². The summed E-state index contributed by atoms with van der Waals surface area (Å²) in [6.45, 7) is 0. The molecule has 0 bridgehead atoms. The number of nitrogens with zero attached hydrogens (tertiary/aromatic N) is 2. The average molecular weight is 242 g/mol. The fourth-order valence-corrected chi connectivity index (χ4v) is 2.82. The molecule has 18 heavy (non-hydrogen) atoms. The number of imidazole rings is 1. The quantitative estimate of drug-likeness (QED) is 0.870. The Balaban J connectivity index is 1.99. The molecule has 1 heterocycles. The minimum Gasteiger partial charge on any atom is -0.492 e. The first-order valence-electron chi connectivity index (χ1n) is 6.68. The van der Waals surface area contributed by atoms with E-state index in [1.54, 1.807) is 6.20 Å². The van der Waals surface area contributed by atoms with Gasteiger partial charge in [-0.2, -0.15) is 4.98 Å². The molecular weight excluding hydrogens is 224 g/mol. The molecular formula is C15H18N2O. The summed E-state index contributed by atoms with van der Waals surface area (Å²) in [5.41, 5.74) is 1.07. The van der Waals surface area contributed by atoms with E-state index in [9.17, 15) is 5.11 Å². The number of hydrogen-bond acceptors (Lipinski definition) is 2. The van der Waals surface area contributed by atoms with Crippen molar-refractivity contribution >= 4 is 0 Å². The zero-order valence-electron chi connectivity index (χ0n) is 10.4. The van der Waals surface area contributed by atoms with Crippen molar-refractivity contribution in [3.05, 3.63) is 36.5 Å². The van der Waals surface area contributed by atoms with E-state index in [1.165, 1.54) is 32.1 Å². The zero-order chi connectivity index (χ0) is 12.4. The standard InChI is InChI=1S/C15H18N2O/c18-14-11-17(13-9-5-2-6-10-13)15(16-14)12-7-3-1-4-8-12/h1,3-4,7-8,11,13,18H,2,5-6,9-10H2. The third-order valence-electron chi connectivity index (χ3n) is 3.72. The Morgan fingerprint density at radius 3 is 2.50 bits per heavy atom. The normalized spacial score (nSPS) is 16.9. The second-order valence-electron chi connectivity index (χ2n) is 4.99. The third-order valence-corrected chi connectivity index (χ3v) is 3.72. The van der Waals surface area contributed by atoms with Crippen LogP contribution in [0.4, 0.5) is 0 Å². The molecule has 2 aromatic rings. The number of benzene rings is 1. The average Bonchev–Trinajstić information content (AvgIpc) is 2.83. The smallest absolute Gasteiger partial charge is 0.229 e. The van der Waals surface area contributed by atoms with Gasteiger partial charge in [0.1, 0.15) is 5.82 Å². The predicted octanol–water partition coefficient (Wildman–Crippen LogP) is 3.76. The lowest BCUT2D eigenvalue weighted by Gasteiger charge is -2.24. The molecule has 3 heteroatoms. The molecule has 0 saturated heterocycles. The molecule has 1 aromatic heterocycles. The molecule has 1 aliphatic carbocycles. The second-order valence-corrected chi connectivity index (χ2v) is 4.99. The van der Waals surface area contributed by atoms with Crippen LogP contribution < -0.4 is 0 Å². The van der Waals surface area contributed by atoms with Crippen molar-refractivity contribution in [3.63, 3.8) is 0 Å². The molecule has 3 rings (SSSR count). The Bertz CT molecular complexity index is 513. The van der Waals surface area contributed by atoms with Crippen molar-refractivity contribution in [2.45, 2.75) is 38.1 Å². The molecule has 3 nitrogen and oxygen atoms in total. The highest BCUT2D eigenvalue weighted by atomic mass is 16.3. The fourth-order valence-electron chi connectivity index (χ4n) is 2.82. The van der Waals surface area contributed by atoms with Crippen LogP contribution in [0.25, 0.3) is 11.4 Å². The van der Waals surface area contributed by atoms with Crippen LogP contribution in [0.2, 0.25) is 0 Å². The van der Waals surface area contributed by atoms with Crippen LogP contribution in [0.15, 0.2) is 36.5 Å². The van der Waals surface area contributed by atoms with Gasteiger partial charge < -0.3 is 9.67 Å². The summed E-state index contributed by atoms with van der Waals surface area (Å²) in [7, 11) is 0. The van der Waals surface area contributed by atoms with Gasteiger partial charge >= 0.3 is 0 Å². The Kier molecular flexibility index (Phi) is 3.05. The number of rotatable bonds is 2. The van der Waals surface area contributed by atoms with E-state index < -0.39 is 0 Å². The molecule has 0 radical (unpaired) electrons. The highest BCUT2D eigenvalue weighted by Crippen LogP contribution is 2.33. The molecule has 1 fully saturated rings. The van der Waals surface area contributed by atoms with Crippen molar-refractivity contribution in [1.29, 1.82) is 0 Å². The lowest BCUT2D eigenvalue weighted by atomic mass is 9.95. The molecule has 0 unspecified atom stereocenters. The summed E-state index contributed by atoms with van der Waals surface area (Å²) in [6.07, 6.45) is 8.04. The zero-order valence-corrected chi connectivity index (χ0v) is 10.4. The van der Waals surface area contributed by atoms with Gasteiger partial charge in [-0.3, -0.25) is 0 Å². The molecule has 1 aliphatic rings. The molecule has 1 saturated carbocycles. The summed E-state index contributed by atoms with van der Waals surface area (Å²) in [5.74, 6) is 1.01. The van der Waals surface area contributed by atoms with E-state index in [2.05, 4.69) is 9.55 Å². The van der Waals surface area contributed by atoms with Gasteiger partial charge in [0, 0.05) is 11.6 Å². The van der Waals surface area contributed by atoms with Gasteiger partial charge in [0.25, 0.3) is 0 Å². The van der Waals surface area contributed by atoms with Crippen molar-refractivity contribution in [3.8, 4) is 17.3 Å². The highest BCUT2D eigenvalue weighted by molar-refractivity contribution is 5.56. The van der Waals surface area contributed by atoms with Gasteiger partial charge in [0.2, 0.25) is 5.88 Å². The summed E-state index contributed by atoms with van der Waals surface area (Å²) in [5, 5.41) is 9.69. The largest absolute Gasteiger partial charge is 0.492 e. The minimum absolute atomic E-state index is 0.124. The van der Waals surface area contributed by atoms with Gasteiger partial charge in [-0.05, 0) is 12.8 Å². The minimum atomic E-state index is 0.124. The van der Waals surface area contributed by atoms with Gasteiger partial charge in [0.05, 0.1) is 6.20 Å². The number of aromatic hydroxyl groups is 1. The number of aromatic nitrogens is 2. The Hall–Kier alpha value is -1.77. The summed E-state index contributed by atoms with van der Waals surface area (Å²) < 4.78 is 2.16. The maximum absolute atomic E-state index is 9.69. The number of hydrogen-bond donors (Lipinski definition) is 1. The van der Waals surface area contributed by atoms with Gasteiger partial charge in [-0.25, -0.2) is 0 Å². The van der Waals surface area contributed by atoms with Gasteiger partial charge in [0.15, 0.2) is 0 Å². The van der Waals surface area contributed by atoms with E-state index in [-0.39, 0.29) is 5.88 Å². The molecule has 0 amide bonds. The van der Waals surface area contributed by atoms with E-state index in [0.29, 0.717) is 6.04 Å². The highest BCUT2D eigenvalue weighted by Gasteiger charge is 2.20. The summed E-state index contributed by atoms with van der Waals surface area (Å²) >= 11 is 0. The molecule has 1 N–H and O–H groups in total. The van der Waals surface area contributed by atoms with Crippen molar-refractivity contribution in [1.82, 2.24) is 9.55 Å². The SMILES string of the molecule is Oc1cn(C2CCCCC2)c(-c2ccccc2)n1. The predicted molar refractivity (Wildman–Crippen MR) is 71.4 cm³/mol. The molecule has 0 spiro atoms.